The fourth-order valence-electron chi connectivity index (χ4n) is 1.75. The fourth-order valence-corrected chi connectivity index (χ4v) is 4.21. The first-order chi connectivity index (χ1) is 10.4. The van der Waals surface area contributed by atoms with Crippen molar-refractivity contribution < 1.29 is 8.42 Å². The number of hydrogen-bond acceptors (Lipinski definition) is 4. The van der Waals surface area contributed by atoms with Crippen LogP contribution >= 0.6 is 11.3 Å². The highest BCUT2D eigenvalue weighted by Crippen LogP contribution is 2.23. The van der Waals surface area contributed by atoms with Crippen LogP contribution < -0.4 is 10.6 Å². The summed E-state index contributed by atoms with van der Waals surface area (Å²) in [5.74, 6) is 0.738. The van der Waals surface area contributed by atoms with Crippen LogP contribution in [0.3, 0.4) is 0 Å². The number of sulfonamides is 1. The van der Waals surface area contributed by atoms with E-state index in [4.69, 9.17) is 0 Å². The molecule has 1 rings (SSSR count). The standard InChI is InChI=1S/C14H26N4O2S2/c1-5-6-7-10-16-14(15-2)17-11-12-8-9-13(21-12)22(19,20)18(3)4/h8-9H,5-7,10-11H2,1-4H3,(H2,15,16,17). The van der Waals surface area contributed by atoms with Gasteiger partial charge in [-0.05, 0) is 18.6 Å². The Balaban J connectivity index is 2.53. The molecule has 8 heteroatoms. The lowest BCUT2D eigenvalue weighted by Gasteiger charge is -2.11. The van der Waals surface area contributed by atoms with Crippen LogP contribution in [-0.2, 0) is 16.6 Å². The zero-order chi connectivity index (χ0) is 16.6. The Morgan fingerprint density at radius 1 is 1.27 bits per heavy atom. The van der Waals surface area contributed by atoms with Crippen molar-refractivity contribution >= 4 is 27.3 Å². The van der Waals surface area contributed by atoms with Crippen molar-refractivity contribution in [3.8, 4) is 0 Å². The molecule has 6 nitrogen and oxygen atoms in total. The van der Waals surface area contributed by atoms with Gasteiger partial charge in [-0.1, -0.05) is 19.8 Å². The van der Waals surface area contributed by atoms with Crippen LogP contribution in [0.4, 0.5) is 0 Å². The number of nitrogens with one attached hydrogen (secondary N) is 2. The largest absolute Gasteiger partial charge is 0.356 e. The molecule has 1 aromatic rings. The molecular weight excluding hydrogens is 320 g/mol. The molecule has 0 saturated heterocycles. The first-order valence-electron chi connectivity index (χ1n) is 7.37. The van der Waals surface area contributed by atoms with E-state index in [1.54, 1.807) is 13.1 Å². The van der Waals surface area contributed by atoms with Crippen LogP contribution in [0.25, 0.3) is 0 Å². The Labute approximate surface area is 137 Å². The van der Waals surface area contributed by atoms with Crippen molar-refractivity contribution in [2.75, 3.05) is 27.7 Å². The summed E-state index contributed by atoms with van der Waals surface area (Å²) in [7, 11) is 1.46. The van der Waals surface area contributed by atoms with Crippen LogP contribution in [-0.4, -0.2) is 46.4 Å². The lowest BCUT2D eigenvalue weighted by molar-refractivity contribution is 0.523. The molecule has 1 aromatic heterocycles. The van der Waals surface area contributed by atoms with Gasteiger partial charge in [-0.2, -0.15) is 0 Å². The van der Waals surface area contributed by atoms with E-state index < -0.39 is 10.0 Å². The molecular formula is C14H26N4O2S2. The summed E-state index contributed by atoms with van der Waals surface area (Å²) in [6, 6.07) is 3.48. The second-order valence-electron chi connectivity index (χ2n) is 5.07. The number of aliphatic imine (C=N–C) groups is 1. The zero-order valence-electron chi connectivity index (χ0n) is 13.7. The van der Waals surface area contributed by atoms with Crippen molar-refractivity contribution in [2.45, 2.75) is 36.9 Å². The third-order valence-electron chi connectivity index (χ3n) is 3.10. The fraction of sp³-hybridized carbons (Fsp3) is 0.643. The molecule has 0 unspecified atom stereocenters. The lowest BCUT2D eigenvalue weighted by atomic mass is 10.2. The number of rotatable bonds is 8. The second-order valence-corrected chi connectivity index (χ2v) is 8.61. The minimum absolute atomic E-state index is 0.361. The van der Waals surface area contributed by atoms with Gasteiger partial charge in [-0.25, -0.2) is 12.7 Å². The monoisotopic (exact) mass is 346 g/mol. The topological polar surface area (TPSA) is 73.8 Å². The molecule has 0 aliphatic heterocycles. The van der Waals surface area contributed by atoms with Gasteiger partial charge in [-0.15, -0.1) is 11.3 Å². The Bertz CT molecular complexity index is 579. The van der Waals surface area contributed by atoms with Gasteiger partial charge in [0.05, 0.1) is 6.54 Å². The molecule has 0 amide bonds. The van der Waals surface area contributed by atoms with E-state index in [1.807, 2.05) is 6.07 Å². The summed E-state index contributed by atoms with van der Waals surface area (Å²) in [6.07, 6.45) is 3.49. The molecule has 0 bridgehead atoms. The quantitative estimate of drug-likeness (QED) is 0.428. The number of hydrogen-bond donors (Lipinski definition) is 2. The maximum absolute atomic E-state index is 12.0. The molecule has 0 saturated carbocycles. The van der Waals surface area contributed by atoms with Crippen molar-refractivity contribution in [2.24, 2.45) is 4.99 Å². The molecule has 0 spiro atoms. The maximum Gasteiger partial charge on any atom is 0.252 e. The summed E-state index contributed by atoms with van der Waals surface area (Å²) >= 11 is 1.28. The van der Waals surface area contributed by atoms with E-state index in [2.05, 4.69) is 22.5 Å². The van der Waals surface area contributed by atoms with Crippen molar-refractivity contribution in [3.05, 3.63) is 17.0 Å². The number of guanidine groups is 1. The zero-order valence-corrected chi connectivity index (χ0v) is 15.4. The Kier molecular flexibility index (Phi) is 7.84. The maximum atomic E-state index is 12.0. The van der Waals surface area contributed by atoms with E-state index in [-0.39, 0.29) is 0 Å². The molecule has 0 aromatic carbocycles. The highest BCUT2D eigenvalue weighted by molar-refractivity contribution is 7.91. The van der Waals surface area contributed by atoms with E-state index in [9.17, 15) is 8.42 Å². The summed E-state index contributed by atoms with van der Waals surface area (Å²) in [5, 5.41) is 6.44. The van der Waals surface area contributed by atoms with E-state index in [0.717, 1.165) is 23.8 Å². The number of thiophene rings is 1. The van der Waals surface area contributed by atoms with Gasteiger partial charge < -0.3 is 10.6 Å². The van der Waals surface area contributed by atoms with Crippen LogP contribution in [0.5, 0.6) is 0 Å². The summed E-state index contributed by atoms with van der Waals surface area (Å²) in [5.41, 5.74) is 0. The predicted octanol–water partition coefficient (Wildman–Crippen LogP) is 1.85. The average molecular weight is 347 g/mol. The molecule has 0 aliphatic rings. The highest BCUT2D eigenvalue weighted by Gasteiger charge is 2.19. The number of nitrogens with zero attached hydrogens (tertiary/aromatic N) is 2. The summed E-state index contributed by atoms with van der Waals surface area (Å²) in [4.78, 5) is 5.11. The van der Waals surface area contributed by atoms with Gasteiger partial charge in [0.25, 0.3) is 10.0 Å². The van der Waals surface area contributed by atoms with Gasteiger partial charge in [0.2, 0.25) is 0 Å². The molecule has 22 heavy (non-hydrogen) atoms. The lowest BCUT2D eigenvalue weighted by Crippen LogP contribution is -2.37. The van der Waals surface area contributed by atoms with Crippen LogP contribution in [0, 0.1) is 0 Å². The van der Waals surface area contributed by atoms with Crippen LogP contribution in [0.15, 0.2) is 21.3 Å². The SMILES string of the molecule is CCCCCNC(=NC)NCc1ccc(S(=O)(=O)N(C)C)s1. The van der Waals surface area contributed by atoms with Gasteiger partial charge in [0.15, 0.2) is 5.96 Å². The Morgan fingerprint density at radius 3 is 2.59 bits per heavy atom. The van der Waals surface area contributed by atoms with E-state index >= 15 is 0 Å². The third kappa shape index (κ3) is 5.58. The molecule has 2 N–H and O–H groups in total. The van der Waals surface area contributed by atoms with Gasteiger partial charge in [-0.3, -0.25) is 4.99 Å². The average Bonchev–Trinajstić information content (AvgIpc) is 2.96. The van der Waals surface area contributed by atoms with E-state index in [1.165, 1.54) is 42.6 Å². The molecule has 0 radical (unpaired) electrons. The molecule has 126 valence electrons. The van der Waals surface area contributed by atoms with Gasteiger partial charge >= 0.3 is 0 Å². The highest BCUT2D eigenvalue weighted by atomic mass is 32.2. The normalized spacial score (nSPS) is 12.7. The van der Waals surface area contributed by atoms with Crippen molar-refractivity contribution in [3.63, 3.8) is 0 Å². The first-order valence-corrected chi connectivity index (χ1v) is 9.63. The van der Waals surface area contributed by atoms with Crippen molar-refractivity contribution in [1.82, 2.24) is 14.9 Å². The molecule has 0 atom stereocenters. The smallest absolute Gasteiger partial charge is 0.252 e. The van der Waals surface area contributed by atoms with E-state index in [0.29, 0.717) is 10.8 Å². The van der Waals surface area contributed by atoms with Crippen molar-refractivity contribution in [1.29, 1.82) is 0 Å². The van der Waals surface area contributed by atoms with Crippen LogP contribution in [0.1, 0.15) is 31.1 Å². The first kappa shape index (κ1) is 18.9. The number of unbranched alkanes of at least 4 members (excludes halogenated alkanes) is 2. The minimum atomic E-state index is -3.34. The summed E-state index contributed by atoms with van der Waals surface area (Å²) < 4.78 is 25.6. The van der Waals surface area contributed by atoms with Gasteiger partial charge in [0, 0.05) is 32.6 Å². The Hall–Kier alpha value is -1.12. The second kappa shape index (κ2) is 9.12. The third-order valence-corrected chi connectivity index (χ3v) is 6.47. The molecule has 1 heterocycles. The minimum Gasteiger partial charge on any atom is -0.356 e. The predicted molar refractivity (Wildman–Crippen MR) is 92.9 cm³/mol. The van der Waals surface area contributed by atoms with Gasteiger partial charge in [0.1, 0.15) is 4.21 Å². The summed E-state index contributed by atoms with van der Waals surface area (Å²) in [6.45, 7) is 3.61. The molecule has 0 aliphatic carbocycles. The van der Waals surface area contributed by atoms with Crippen LogP contribution in [0.2, 0.25) is 0 Å². The Morgan fingerprint density at radius 2 is 2.00 bits per heavy atom. The molecule has 0 fully saturated rings.